The zero-order valence-electron chi connectivity index (χ0n) is 13.7. The summed E-state index contributed by atoms with van der Waals surface area (Å²) in [5.74, 6) is 1.28. The minimum absolute atomic E-state index is 0.168. The molecule has 1 heterocycles. The number of hydrogen-bond donors (Lipinski definition) is 1. The Hall–Kier alpha value is -1.48. The summed E-state index contributed by atoms with van der Waals surface area (Å²) in [6.45, 7) is 13.0. The first kappa shape index (κ1) is 15.9. The molecule has 21 heavy (non-hydrogen) atoms. The van der Waals surface area contributed by atoms with Gasteiger partial charge >= 0.3 is 0 Å². The highest BCUT2D eigenvalue weighted by molar-refractivity contribution is 7.71. The average Bonchev–Trinajstić information content (AvgIpc) is 2.40. The Balaban J connectivity index is 2.54. The van der Waals surface area contributed by atoms with Crippen LogP contribution in [0.1, 0.15) is 57.5 Å². The molecule has 0 radical (unpaired) electrons. The summed E-state index contributed by atoms with van der Waals surface area (Å²) >= 11 is 5.40. The molecule has 0 amide bonds. The van der Waals surface area contributed by atoms with Gasteiger partial charge in [-0.3, -0.25) is 0 Å². The fourth-order valence-electron chi connectivity index (χ4n) is 2.25. The molecule has 0 aliphatic heterocycles. The largest absolute Gasteiger partial charge is 0.343 e. The first-order valence-corrected chi connectivity index (χ1v) is 7.82. The Bertz CT molecular complexity index is 689. The van der Waals surface area contributed by atoms with Crippen LogP contribution in [0, 0.1) is 11.6 Å². The maximum absolute atomic E-state index is 5.40. The van der Waals surface area contributed by atoms with Crippen LogP contribution in [0.5, 0.6) is 0 Å². The lowest BCUT2D eigenvalue weighted by molar-refractivity contribution is 0.590. The van der Waals surface area contributed by atoms with E-state index in [4.69, 9.17) is 12.2 Å². The lowest BCUT2D eigenvalue weighted by Gasteiger charge is -2.19. The monoisotopic (exact) mass is 300 g/mol. The fourth-order valence-corrected chi connectivity index (χ4v) is 2.45. The first-order chi connectivity index (χ1) is 9.70. The van der Waals surface area contributed by atoms with Gasteiger partial charge < -0.3 is 4.98 Å². The number of H-pyrrole nitrogens is 1. The number of nitrogens with one attached hydrogen (secondary N) is 1. The van der Waals surface area contributed by atoms with Gasteiger partial charge in [0.25, 0.3) is 0 Å². The van der Waals surface area contributed by atoms with Gasteiger partial charge in [0, 0.05) is 11.5 Å². The van der Waals surface area contributed by atoms with E-state index >= 15 is 0 Å². The molecule has 0 saturated carbocycles. The third-order valence-corrected chi connectivity index (χ3v) is 4.15. The first-order valence-electron chi connectivity index (χ1n) is 7.42. The van der Waals surface area contributed by atoms with E-state index in [2.05, 4.69) is 68.9 Å². The lowest BCUT2D eigenvalue weighted by Crippen LogP contribution is -2.10. The standard InChI is InChI=1S/C18H24N2S/c1-11(2)16-19-15(12(3)17(21)20-16)13-7-9-14(10-8-13)18(4,5)6/h7-11H,1-6H3,(H,19,20,21). The van der Waals surface area contributed by atoms with Crippen molar-refractivity contribution in [1.82, 2.24) is 9.97 Å². The summed E-state index contributed by atoms with van der Waals surface area (Å²) in [6, 6.07) is 8.72. The van der Waals surface area contributed by atoms with Gasteiger partial charge in [-0.15, -0.1) is 0 Å². The van der Waals surface area contributed by atoms with E-state index in [0.29, 0.717) is 10.6 Å². The molecule has 0 fully saturated rings. The van der Waals surface area contributed by atoms with E-state index in [0.717, 1.165) is 22.6 Å². The van der Waals surface area contributed by atoms with Crippen molar-refractivity contribution >= 4 is 12.2 Å². The number of aromatic nitrogens is 2. The molecule has 0 aliphatic rings. The number of hydrogen-bond acceptors (Lipinski definition) is 2. The molecule has 112 valence electrons. The van der Waals surface area contributed by atoms with Gasteiger partial charge in [-0.1, -0.05) is 71.1 Å². The molecule has 0 aliphatic carbocycles. The van der Waals surface area contributed by atoms with Crippen molar-refractivity contribution in [3.63, 3.8) is 0 Å². The van der Waals surface area contributed by atoms with E-state index in [9.17, 15) is 0 Å². The molecule has 0 bridgehead atoms. The normalized spacial score (nSPS) is 12.0. The molecule has 0 atom stereocenters. The molecule has 2 aromatic rings. The zero-order chi connectivity index (χ0) is 15.8. The number of rotatable bonds is 2. The van der Waals surface area contributed by atoms with Crippen LogP contribution in [0.15, 0.2) is 24.3 Å². The summed E-state index contributed by atoms with van der Waals surface area (Å²) in [6.07, 6.45) is 0. The van der Waals surface area contributed by atoms with Gasteiger partial charge in [0.1, 0.15) is 10.5 Å². The number of aromatic amines is 1. The van der Waals surface area contributed by atoms with E-state index in [1.54, 1.807) is 0 Å². The van der Waals surface area contributed by atoms with Crippen LogP contribution in [0.4, 0.5) is 0 Å². The van der Waals surface area contributed by atoms with Crippen LogP contribution in [0.25, 0.3) is 11.3 Å². The van der Waals surface area contributed by atoms with Crippen LogP contribution in [-0.4, -0.2) is 9.97 Å². The van der Waals surface area contributed by atoms with Crippen LogP contribution in [0.2, 0.25) is 0 Å². The van der Waals surface area contributed by atoms with E-state index in [1.807, 2.05) is 6.92 Å². The Labute approximate surface area is 132 Å². The van der Waals surface area contributed by atoms with Gasteiger partial charge in [-0.05, 0) is 23.5 Å². The molecule has 0 unspecified atom stereocenters. The van der Waals surface area contributed by atoms with Crippen molar-refractivity contribution in [2.75, 3.05) is 0 Å². The SMILES string of the molecule is Cc1c(-c2ccc(C(C)(C)C)cc2)[nH]c(C(C)C)nc1=S. The van der Waals surface area contributed by atoms with Crippen molar-refractivity contribution in [2.24, 2.45) is 0 Å². The minimum Gasteiger partial charge on any atom is -0.343 e. The van der Waals surface area contributed by atoms with Crippen molar-refractivity contribution in [2.45, 2.75) is 52.9 Å². The van der Waals surface area contributed by atoms with Crippen LogP contribution >= 0.6 is 12.2 Å². The molecule has 1 N–H and O–H groups in total. The molecule has 1 aromatic heterocycles. The van der Waals surface area contributed by atoms with Crippen molar-refractivity contribution in [3.05, 3.63) is 45.9 Å². The van der Waals surface area contributed by atoms with Crippen LogP contribution in [-0.2, 0) is 5.41 Å². The summed E-state index contributed by atoms with van der Waals surface area (Å²) in [5, 5.41) is 0. The number of benzene rings is 1. The van der Waals surface area contributed by atoms with E-state index in [-0.39, 0.29) is 5.41 Å². The fraction of sp³-hybridized carbons (Fsp3) is 0.444. The molecule has 0 spiro atoms. The van der Waals surface area contributed by atoms with Gasteiger partial charge in [-0.2, -0.15) is 0 Å². The Kier molecular flexibility index (Phi) is 4.33. The predicted octanol–water partition coefficient (Wildman–Crippen LogP) is 5.54. The summed E-state index contributed by atoms with van der Waals surface area (Å²) in [4.78, 5) is 7.92. The second-order valence-electron chi connectivity index (χ2n) is 6.91. The van der Waals surface area contributed by atoms with E-state index in [1.165, 1.54) is 5.56 Å². The lowest BCUT2D eigenvalue weighted by atomic mass is 9.86. The molecular weight excluding hydrogens is 276 g/mol. The second kappa shape index (κ2) is 5.72. The van der Waals surface area contributed by atoms with Gasteiger partial charge in [0.2, 0.25) is 0 Å². The quantitative estimate of drug-likeness (QED) is 0.738. The summed E-state index contributed by atoms with van der Waals surface area (Å²) in [5.41, 5.74) is 4.79. The topological polar surface area (TPSA) is 28.7 Å². The molecule has 3 heteroatoms. The highest BCUT2D eigenvalue weighted by atomic mass is 32.1. The summed E-state index contributed by atoms with van der Waals surface area (Å²) in [7, 11) is 0. The average molecular weight is 300 g/mol. The Morgan fingerprint density at radius 2 is 1.67 bits per heavy atom. The van der Waals surface area contributed by atoms with Crippen molar-refractivity contribution in [1.29, 1.82) is 0 Å². The van der Waals surface area contributed by atoms with Gasteiger partial charge in [0.05, 0.1) is 5.69 Å². The van der Waals surface area contributed by atoms with E-state index < -0.39 is 0 Å². The molecule has 2 rings (SSSR count). The Morgan fingerprint density at radius 1 is 1.10 bits per heavy atom. The van der Waals surface area contributed by atoms with Crippen molar-refractivity contribution in [3.8, 4) is 11.3 Å². The smallest absolute Gasteiger partial charge is 0.133 e. The number of nitrogens with zero attached hydrogens (tertiary/aromatic N) is 1. The molecule has 1 aromatic carbocycles. The molecular formula is C18H24N2S. The minimum atomic E-state index is 0.168. The molecule has 2 nitrogen and oxygen atoms in total. The van der Waals surface area contributed by atoms with Gasteiger partial charge in [-0.25, -0.2) is 4.98 Å². The maximum atomic E-state index is 5.40. The maximum Gasteiger partial charge on any atom is 0.133 e. The van der Waals surface area contributed by atoms with Crippen LogP contribution in [0.3, 0.4) is 0 Å². The van der Waals surface area contributed by atoms with Crippen molar-refractivity contribution < 1.29 is 0 Å². The predicted molar refractivity (Wildman–Crippen MR) is 92.4 cm³/mol. The zero-order valence-corrected chi connectivity index (χ0v) is 14.6. The van der Waals surface area contributed by atoms with Crippen LogP contribution < -0.4 is 0 Å². The third-order valence-electron chi connectivity index (χ3n) is 3.76. The highest BCUT2D eigenvalue weighted by Crippen LogP contribution is 2.27. The Morgan fingerprint density at radius 3 is 2.14 bits per heavy atom. The highest BCUT2D eigenvalue weighted by Gasteiger charge is 2.14. The van der Waals surface area contributed by atoms with Gasteiger partial charge in [0.15, 0.2) is 0 Å². The third kappa shape index (κ3) is 3.41. The second-order valence-corrected chi connectivity index (χ2v) is 7.30. The summed E-state index contributed by atoms with van der Waals surface area (Å²) < 4.78 is 0.687. The molecule has 0 saturated heterocycles.